The molecule has 8 nitrogen and oxygen atoms in total. The van der Waals surface area contributed by atoms with Crippen LogP contribution < -0.4 is 0 Å². The molecule has 0 saturated heterocycles. The number of ether oxygens (including phenoxy) is 1. The number of esters is 2. The van der Waals surface area contributed by atoms with Crippen LogP contribution in [-0.2, 0) is 14.3 Å². The summed E-state index contributed by atoms with van der Waals surface area (Å²) < 4.78 is 4.33. The number of rotatable bonds is 8. The lowest BCUT2D eigenvalue weighted by molar-refractivity contribution is -0.177. The Morgan fingerprint density at radius 3 is 2.10 bits per heavy atom. The predicted octanol–water partition coefficient (Wildman–Crippen LogP) is -2.07. The van der Waals surface area contributed by atoms with E-state index >= 15 is 0 Å². The normalized spacial score (nSPS) is 18.8. The number of carbonyl (C=O) groups is 2. The predicted molar refractivity (Wildman–Crippen MR) is 66.3 cm³/mol. The van der Waals surface area contributed by atoms with Crippen molar-refractivity contribution in [3.63, 3.8) is 0 Å². The number of carbonyl (C=O) groups excluding carboxylic acids is 2. The first-order chi connectivity index (χ1) is 9.24. The van der Waals surface area contributed by atoms with Crippen LogP contribution in [0.25, 0.3) is 0 Å². The molecule has 0 fully saturated rings. The summed E-state index contributed by atoms with van der Waals surface area (Å²) in [6.07, 6.45) is -7.29. The number of aliphatic hydroxyl groups excluding tert-OH is 5. The molecule has 0 aromatic rings. The maximum atomic E-state index is 11.4. The van der Waals surface area contributed by atoms with Gasteiger partial charge in [0.1, 0.15) is 18.3 Å². The lowest BCUT2D eigenvalue weighted by Crippen LogP contribution is -2.49. The monoisotopic (exact) mass is 294 g/mol. The highest BCUT2D eigenvalue weighted by Crippen LogP contribution is 2.10. The van der Waals surface area contributed by atoms with E-state index < -0.39 is 43.0 Å². The van der Waals surface area contributed by atoms with E-state index in [-0.39, 0.29) is 12.3 Å². The number of hydrogen-bond donors (Lipinski definition) is 5. The molecule has 8 heteroatoms. The summed E-state index contributed by atoms with van der Waals surface area (Å²) in [5.41, 5.74) is 0. The first kappa shape index (κ1) is 18.9. The quantitative estimate of drug-likeness (QED) is 0.253. The standard InChI is InChI=1S/C12H22O8/c1-3-6(2)4-8(15)20-12(19)11(18)10(17)9(16)7(14)5-13/h6-7,9-11,13-14,16-18H,3-5H2,1-2H3/t6?,7-,9-,10+,11-/m1/s1. The van der Waals surface area contributed by atoms with E-state index in [1.54, 1.807) is 6.92 Å². The highest BCUT2D eigenvalue weighted by atomic mass is 16.6. The molecule has 0 rings (SSSR count). The molecule has 20 heavy (non-hydrogen) atoms. The topological polar surface area (TPSA) is 145 Å². The summed E-state index contributed by atoms with van der Waals surface area (Å²) >= 11 is 0. The molecule has 0 aromatic carbocycles. The van der Waals surface area contributed by atoms with Crippen LogP contribution in [0.5, 0.6) is 0 Å². The average Bonchev–Trinajstić information content (AvgIpc) is 2.43. The first-order valence-corrected chi connectivity index (χ1v) is 6.32. The van der Waals surface area contributed by atoms with Gasteiger partial charge < -0.3 is 30.3 Å². The fraction of sp³-hybridized carbons (Fsp3) is 0.833. The van der Waals surface area contributed by atoms with Crippen molar-refractivity contribution in [3.8, 4) is 0 Å². The number of hydrogen-bond acceptors (Lipinski definition) is 8. The zero-order valence-corrected chi connectivity index (χ0v) is 11.5. The Labute approximate surface area is 116 Å². The van der Waals surface area contributed by atoms with Crippen LogP contribution in [0.3, 0.4) is 0 Å². The van der Waals surface area contributed by atoms with Gasteiger partial charge in [-0.15, -0.1) is 0 Å². The van der Waals surface area contributed by atoms with Crippen LogP contribution in [0.15, 0.2) is 0 Å². The largest absolute Gasteiger partial charge is 0.394 e. The molecule has 0 heterocycles. The van der Waals surface area contributed by atoms with E-state index in [0.717, 1.165) is 0 Å². The lowest BCUT2D eigenvalue weighted by Gasteiger charge is -2.24. The minimum Gasteiger partial charge on any atom is -0.394 e. The van der Waals surface area contributed by atoms with E-state index in [0.29, 0.717) is 6.42 Å². The molecule has 1 unspecified atom stereocenters. The minimum atomic E-state index is -2.20. The average molecular weight is 294 g/mol. The van der Waals surface area contributed by atoms with E-state index in [1.807, 2.05) is 6.92 Å². The lowest BCUT2D eigenvalue weighted by atomic mass is 10.0. The summed E-state index contributed by atoms with van der Waals surface area (Å²) in [5, 5.41) is 45.8. The summed E-state index contributed by atoms with van der Waals surface area (Å²) in [5.74, 6) is -2.28. The summed E-state index contributed by atoms with van der Waals surface area (Å²) in [6, 6.07) is 0. The van der Waals surface area contributed by atoms with Crippen LogP contribution >= 0.6 is 0 Å². The molecular formula is C12H22O8. The second-order valence-corrected chi connectivity index (χ2v) is 4.69. The van der Waals surface area contributed by atoms with Gasteiger partial charge in [0.25, 0.3) is 0 Å². The fourth-order valence-electron chi connectivity index (χ4n) is 1.30. The van der Waals surface area contributed by atoms with Crippen molar-refractivity contribution in [1.29, 1.82) is 0 Å². The molecule has 0 saturated carbocycles. The van der Waals surface area contributed by atoms with E-state index in [2.05, 4.69) is 4.74 Å². The zero-order valence-electron chi connectivity index (χ0n) is 11.5. The summed E-state index contributed by atoms with van der Waals surface area (Å²) in [4.78, 5) is 22.7. The molecule has 0 radical (unpaired) electrons. The maximum Gasteiger partial charge on any atom is 0.345 e. The smallest absolute Gasteiger partial charge is 0.345 e. The third kappa shape index (κ3) is 5.93. The van der Waals surface area contributed by atoms with Gasteiger partial charge in [0.05, 0.1) is 6.61 Å². The van der Waals surface area contributed by atoms with Crippen molar-refractivity contribution < 1.29 is 39.9 Å². The van der Waals surface area contributed by atoms with E-state index in [1.165, 1.54) is 0 Å². The van der Waals surface area contributed by atoms with Crippen LogP contribution in [0.2, 0.25) is 0 Å². The maximum absolute atomic E-state index is 11.4. The fourth-order valence-corrected chi connectivity index (χ4v) is 1.30. The first-order valence-electron chi connectivity index (χ1n) is 6.32. The van der Waals surface area contributed by atoms with Crippen molar-refractivity contribution in [2.75, 3.05) is 6.61 Å². The third-order valence-corrected chi connectivity index (χ3v) is 2.92. The van der Waals surface area contributed by atoms with Crippen molar-refractivity contribution in [2.24, 2.45) is 5.92 Å². The van der Waals surface area contributed by atoms with Crippen LogP contribution in [0, 0.1) is 5.92 Å². The molecule has 0 aromatic heterocycles. The molecule has 0 bridgehead atoms. The molecule has 118 valence electrons. The molecule has 0 aliphatic rings. The second kappa shape index (κ2) is 8.98. The SMILES string of the molecule is CCC(C)CC(=O)OC(=O)[C@H](O)[C@@H](O)[C@H](O)[C@H](O)CO. The minimum absolute atomic E-state index is 0.000771. The number of aliphatic hydroxyl groups is 5. The Hall–Kier alpha value is -1.06. The van der Waals surface area contributed by atoms with E-state index in [4.69, 9.17) is 10.2 Å². The molecule has 5 N–H and O–H groups in total. The molecular weight excluding hydrogens is 272 g/mol. The molecule has 5 atom stereocenters. The van der Waals surface area contributed by atoms with Gasteiger partial charge in [0.15, 0.2) is 6.10 Å². The second-order valence-electron chi connectivity index (χ2n) is 4.69. The summed E-state index contributed by atoms with van der Waals surface area (Å²) in [7, 11) is 0. The highest BCUT2D eigenvalue weighted by Gasteiger charge is 2.36. The van der Waals surface area contributed by atoms with Crippen molar-refractivity contribution in [3.05, 3.63) is 0 Å². The Morgan fingerprint density at radius 2 is 1.65 bits per heavy atom. The molecule has 0 aliphatic heterocycles. The van der Waals surface area contributed by atoms with Crippen molar-refractivity contribution in [2.45, 2.75) is 51.1 Å². The van der Waals surface area contributed by atoms with Crippen molar-refractivity contribution in [1.82, 2.24) is 0 Å². The van der Waals surface area contributed by atoms with Crippen LogP contribution in [0.4, 0.5) is 0 Å². The van der Waals surface area contributed by atoms with E-state index in [9.17, 15) is 24.9 Å². The van der Waals surface area contributed by atoms with Gasteiger partial charge in [-0.05, 0) is 5.92 Å². The third-order valence-electron chi connectivity index (χ3n) is 2.92. The van der Waals surface area contributed by atoms with Crippen LogP contribution in [0.1, 0.15) is 26.7 Å². The van der Waals surface area contributed by atoms with Gasteiger partial charge in [-0.2, -0.15) is 0 Å². The van der Waals surface area contributed by atoms with Crippen molar-refractivity contribution >= 4 is 11.9 Å². The zero-order chi connectivity index (χ0) is 15.9. The summed E-state index contributed by atoms with van der Waals surface area (Å²) in [6.45, 7) is 2.76. The van der Waals surface area contributed by atoms with Gasteiger partial charge >= 0.3 is 11.9 Å². The van der Waals surface area contributed by atoms with Gasteiger partial charge in [-0.1, -0.05) is 20.3 Å². The Kier molecular flexibility index (Phi) is 8.51. The molecule has 0 aliphatic carbocycles. The highest BCUT2D eigenvalue weighted by molar-refractivity contribution is 5.88. The molecule has 0 amide bonds. The van der Waals surface area contributed by atoms with Gasteiger partial charge in [0, 0.05) is 6.42 Å². The Bertz CT molecular complexity index is 319. The Balaban J connectivity index is 4.43. The molecule has 0 spiro atoms. The van der Waals surface area contributed by atoms with Gasteiger partial charge in [-0.3, -0.25) is 4.79 Å². The Morgan fingerprint density at radius 1 is 1.10 bits per heavy atom. The van der Waals surface area contributed by atoms with Gasteiger partial charge in [0.2, 0.25) is 0 Å². The van der Waals surface area contributed by atoms with Crippen LogP contribution in [-0.4, -0.2) is 68.5 Å². The van der Waals surface area contributed by atoms with Gasteiger partial charge in [-0.25, -0.2) is 4.79 Å².